The Labute approximate surface area is 540 Å². The smallest absolute Gasteiger partial charge is 0.412 e. The van der Waals surface area contributed by atoms with Gasteiger partial charge in [-0.05, 0) is 0 Å². The molecule has 6 saturated heterocycles. The molecule has 6 heterocycles. The fourth-order valence-electron chi connectivity index (χ4n) is 5.43. The molecule has 0 aromatic heterocycles. The van der Waals surface area contributed by atoms with Crippen LogP contribution in [0.5, 0.6) is 0 Å². The largest absolute Gasteiger partial charge is 4.00 e. The fourth-order valence-corrected chi connectivity index (χ4v) is 5.43. The Morgan fingerprint density at radius 2 is 0.118 bits per heavy atom. The van der Waals surface area contributed by atoms with E-state index in [2.05, 4.69) is 95.7 Å². The van der Waals surface area contributed by atoms with Crippen molar-refractivity contribution in [3.8, 4) is 0 Å². The molecule has 6 rings (SSSR count). The first-order chi connectivity index (χ1) is 27.0. The Morgan fingerprint density at radius 3 is 0.145 bits per heavy atom. The molecular formula is C36H118Fe8N18O14+24. The Hall–Kier alpha value is 2.88. The molecule has 76 heavy (non-hydrogen) atoms. The third-order valence-corrected chi connectivity index (χ3v) is 8.61. The third kappa shape index (κ3) is 137. The molecule has 0 aromatic rings. The van der Waals surface area contributed by atoms with Crippen LogP contribution in [0.2, 0.25) is 0 Å². The number of hydrogen-bond acceptors (Lipinski definition) is 18. The summed E-state index contributed by atoms with van der Waals surface area (Å²) < 4.78 is 0. The molecule has 0 bridgehead atoms. The maximum absolute atomic E-state index is 3.30. The zero-order valence-corrected chi connectivity index (χ0v) is 53.1. The minimum atomic E-state index is 0. The van der Waals surface area contributed by atoms with E-state index >= 15 is 0 Å². The monoisotopic (exact) mass is 1470 g/mol. The Kier molecular flexibility index (Phi) is 277. The molecule has 0 aromatic carbocycles. The van der Waals surface area contributed by atoms with E-state index in [4.69, 9.17) is 0 Å². The van der Waals surface area contributed by atoms with Gasteiger partial charge in [0.25, 0.3) is 0 Å². The molecule has 0 atom stereocenters. The van der Waals surface area contributed by atoms with Gasteiger partial charge in [0.05, 0.1) is 0 Å². The summed E-state index contributed by atoms with van der Waals surface area (Å²) in [7, 11) is 0. The second-order valence-electron chi connectivity index (χ2n) is 13.5. The molecule has 0 saturated carbocycles. The van der Waals surface area contributed by atoms with Crippen molar-refractivity contribution in [1.29, 1.82) is 0 Å². The van der Waals surface area contributed by atoms with Crippen LogP contribution in [0.3, 0.4) is 0 Å². The van der Waals surface area contributed by atoms with E-state index in [1.54, 1.807) is 0 Å². The average molecular weight is 1470 g/mol. The van der Waals surface area contributed by atoms with Crippen LogP contribution in [0.1, 0.15) is 0 Å². The van der Waals surface area contributed by atoms with E-state index in [0.717, 1.165) is 236 Å². The van der Waals surface area contributed by atoms with Gasteiger partial charge in [-0.15, -0.1) is 0 Å². The second-order valence-corrected chi connectivity index (χ2v) is 13.5. The summed E-state index contributed by atoms with van der Waals surface area (Å²) in [6, 6.07) is 0. The Morgan fingerprint density at radius 1 is 0.0921 bits per heavy atom. The van der Waals surface area contributed by atoms with Crippen LogP contribution in [0.4, 0.5) is 0 Å². The number of rotatable bonds is 0. The molecule has 6 fully saturated rings. The molecular weight excluding hydrogens is 1360 g/mol. The molecule has 476 valence electrons. The molecule has 40 heteroatoms. The number of hydrogen-bond donors (Lipinski definition) is 18. The van der Waals surface area contributed by atoms with Gasteiger partial charge in [0.1, 0.15) is 0 Å². The first-order valence-electron chi connectivity index (χ1n) is 21.7. The predicted octanol–water partition coefficient (Wildman–Crippen LogP) is -19.0. The van der Waals surface area contributed by atoms with Crippen LogP contribution in [0, 0.1) is 0 Å². The van der Waals surface area contributed by atoms with E-state index in [9.17, 15) is 0 Å². The van der Waals surface area contributed by atoms with Crippen LogP contribution < -0.4 is 95.7 Å². The zero-order chi connectivity index (χ0) is 38.2. The molecule has 0 spiro atoms. The van der Waals surface area contributed by atoms with Gasteiger partial charge in [0.2, 0.25) is 0 Å². The van der Waals surface area contributed by atoms with Crippen molar-refractivity contribution >= 4 is 0 Å². The van der Waals surface area contributed by atoms with Gasteiger partial charge in [-0.1, -0.05) is 0 Å². The molecule has 0 aliphatic carbocycles. The molecule has 0 unspecified atom stereocenters. The van der Waals surface area contributed by atoms with Gasteiger partial charge in [-0.2, -0.15) is 0 Å². The quantitative estimate of drug-likeness (QED) is 0.100. The van der Waals surface area contributed by atoms with E-state index in [-0.39, 0.29) is 213 Å². The summed E-state index contributed by atoms with van der Waals surface area (Å²) in [5.41, 5.74) is 0. The standard InChI is InChI=1S/6C6H15N3.8Fe.14H2O/c6*1-2-8-5-6-9-4-3-7-1;;;;;;;;;;;;;;;;;;;;;;/h6*7-9H,1-6H2;;;;;;;;;14*1H2/q;;;;;;;;6*+4;;;;;;;;;;;;;;. The number of nitrogens with one attached hydrogen (secondary N) is 18. The van der Waals surface area contributed by atoms with Crippen LogP contribution in [-0.4, -0.2) is 312 Å². The average Bonchev–Trinajstić information content (AvgIpc) is 3.72. The van der Waals surface area contributed by atoms with E-state index in [1.807, 2.05) is 0 Å². The first kappa shape index (κ1) is 148. The summed E-state index contributed by atoms with van der Waals surface area (Å²) in [6.07, 6.45) is 0. The summed E-state index contributed by atoms with van der Waals surface area (Å²) in [5, 5.41) is 59.4. The second kappa shape index (κ2) is 142. The van der Waals surface area contributed by atoms with Crippen molar-refractivity contribution in [2.24, 2.45) is 0 Å². The SMILES string of the molecule is C1CNCCNCCN1.C1CNCCNCCN1.C1CNCCNCCN1.C1CNCCNCCN1.C1CNCCNCCN1.C1CNCCNCCN1.O.O.O.O.O.O.O.O.O.O.O.O.O.O.[Fe+4].[Fe+4].[Fe+4].[Fe+4].[Fe+4].[Fe+4].[Fe].[Fe]. The van der Waals surface area contributed by atoms with Gasteiger partial charge in [-0.3, -0.25) is 0 Å². The first-order valence-corrected chi connectivity index (χ1v) is 21.7. The Bertz CT molecular complexity index is 447. The van der Waals surface area contributed by atoms with Crippen LogP contribution in [0.15, 0.2) is 0 Å². The minimum absolute atomic E-state index is 0. The van der Waals surface area contributed by atoms with Gasteiger partial charge >= 0.3 is 102 Å². The van der Waals surface area contributed by atoms with Crippen LogP contribution in [0.25, 0.3) is 0 Å². The molecule has 0 radical (unpaired) electrons. The minimum Gasteiger partial charge on any atom is -0.412 e. The van der Waals surface area contributed by atoms with Gasteiger partial charge in [0.15, 0.2) is 0 Å². The van der Waals surface area contributed by atoms with Gasteiger partial charge in [0, 0.05) is 270 Å². The molecule has 46 N–H and O–H groups in total. The molecule has 6 aliphatic heterocycles. The van der Waals surface area contributed by atoms with Gasteiger partial charge in [-0.25, -0.2) is 0 Å². The van der Waals surface area contributed by atoms with Crippen LogP contribution in [-0.2, 0) is 137 Å². The Balaban J connectivity index is -0.0000000218. The van der Waals surface area contributed by atoms with E-state index in [1.165, 1.54) is 0 Å². The summed E-state index contributed by atoms with van der Waals surface area (Å²) in [5.74, 6) is 0. The van der Waals surface area contributed by atoms with Crippen molar-refractivity contribution in [1.82, 2.24) is 95.7 Å². The maximum atomic E-state index is 3.30. The summed E-state index contributed by atoms with van der Waals surface area (Å²) in [6.45, 7) is 39.6. The topological polar surface area (TPSA) is 658 Å². The van der Waals surface area contributed by atoms with Crippen molar-refractivity contribution in [3.63, 3.8) is 0 Å². The predicted molar refractivity (Wildman–Crippen MR) is 282 cm³/mol. The normalized spacial score (nSPS) is 17.1. The van der Waals surface area contributed by atoms with Gasteiger partial charge < -0.3 is 172 Å². The molecule has 6 aliphatic rings. The third-order valence-electron chi connectivity index (χ3n) is 8.61. The van der Waals surface area contributed by atoms with Crippen LogP contribution >= 0.6 is 0 Å². The van der Waals surface area contributed by atoms with Crippen molar-refractivity contribution in [2.45, 2.75) is 0 Å². The summed E-state index contributed by atoms with van der Waals surface area (Å²) in [4.78, 5) is 0. The summed E-state index contributed by atoms with van der Waals surface area (Å²) >= 11 is 0. The van der Waals surface area contributed by atoms with Crippen molar-refractivity contribution < 1.29 is 213 Å². The van der Waals surface area contributed by atoms with Crippen molar-refractivity contribution in [3.05, 3.63) is 0 Å². The van der Waals surface area contributed by atoms with Crippen molar-refractivity contribution in [2.75, 3.05) is 236 Å². The fraction of sp³-hybridized carbons (Fsp3) is 1.00. The zero-order valence-electron chi connectivity index (χ0n) is 44.3. The molecule has 0 amide bonds. The van der Waals surface area contributed by atoms with E-state index < -0.39 is 0 Å². The van der Waals surface area contributed by atoms with E-state index in [0.29, 0.717) is 0 Å². The molecule has 32 nitrogen and oxygen atoms in total. The maximum Gasteiger partial charge on any atom is 4.00 e.